The molecule has 0 radical (unpaired) electrons. The summed E-state index contributed by atoms with van der Waals surface area (Å²) in [7, 11) is 1.63. The molecule has 1 aromatic heterocycles. The zero-order valence-corrected chi connectivity index (χ0v) is 11.6. The Bertz CT molecular complexity index is 384. The fourth-order valence-corrected chi connectivity index (χ4v) is 2.78. The first-order valence-electron chi connectivity index (χ1n) is 7.17. The summed E-state index contributed by atoms with van der Waals surface area (Å²) in [5, 5.41) is 13.0. The first-order valence-corrected chi connectivity index (χ1v) is 7.17. The van der Waals surface area contributed by atoms with Crippen LogP contribution < -0.4 is 10.1 Å². The molecule has 1 saturated carbocycles. The number of aromatic nitrogens is 1. The average molecular weight is 264 g/mol. The Morgan fingerprint density at radius 2 is 2.16 bits per heavy atom. The van der Waals surface area contributed by atoms with Crippen molar-refractivity contribution in [3.05, 3.63) is 23.9 Å². The van der Waals surface area contributed by atoms with Gasteiger partial charge in [0, 0.05) is 25.3 Å². The highest BCUT2D eigenvalue weighted by Gasteiger charge is 2.22. The van der Waals surface area contributed by atoms with Crippen LogP contribution in [0.25, 0.3) is 0 Å². The van der Waals surface area contributed by atoms with Crippen molar-refractivity contribution in [2.75, 3.05) is 13.7 Å². The normalized spacial score (nSPS) is 23.9. The zero-order valence-electron chi connectivity index (χ0n) is 11.6. The highest BCUT2D eigenvalue weighted by molar-refractivity contribution is 5.15. The third-order valence-corrected chi connectivity index (χ3v) is 3.93. The molecule has 0 spiro atoms. The fraction of sp³-hybridized carbons (Fsp3) is 0.667. The minimum Gasteiger partial charge on any atom is -0.481 e. The van der Waals surface area contributed by atoms with Crippen molar-refractivity contribution in [3.63, 3.8) is 0 Å². The molecule has 1 aliphatic rings. The lowest BCUT2D eigenvalue weighted by Crippen LogP contribution is -2.37. The molecule has 0 aliphatic heterocycles. The van der Waals surface area contributed by atoms with Crippen LogP contribution in [-0.2, 0) is 6.54 Å². The van der Waals surface area contributed by atoms with Crippen molar-refractivity contribution < 1.29 is 9.84 Å². The first kappa shape index (κ1) is 14.3. The maximum absolute atomic E-state index is 9.49. The quantitative estimate of drug-likeness (QED) is 0.800. The summed E-state index contributed by atoms with van der Waals surface area (Å²) in [6.07, 6.45) is 6.04. The van der Waals surface area contributed by atoms with Gasteiger partial charge in [-0.25, -0.2) is 4.98 Å². The molecular formula is C15H24N2O2. The molecule has 0 bridgehead atoms. The summed E-state index contributed by atoms with van der Waals surface area (Å²) in [6.45, 7) is 1.02. The first-order chi connectivity index (χ1) is 9.33. The topological polar surface area (TPSA) is 54.4 Å². The SMILES string of the molecule is COc1cccc(CN[C@H]2CCCCC[C@H]2CO)n1. The zero-order chi connectivity index (χ0) is 13.5. The van der Waals surface area contributed by atoms with Crippen molar-refractivity contribution in [3.8, 4) is 5.88 Å². The van der Waals surface area contributed by atoms with Crippen LogP contribution in [0.4, 0.5) is 0 Å². The van der Waals surface area contributed by atoms with Gasteiger partial charge in [0.25, 0.3) is 0 Å². The lowest BCUT2D eigenvalue weighted by Gasteiger charge is -2.24. The van der Waals surface area contributed by atoms with E-state index < -0.39 is 0 Å². The summed E-state index contributed by atoms with van der Waals surface area (Å²) < 4.78 is 5.13. The van der Waals surface area contributed by atoms with Crippen LogP contribution in [0.5, 0.6) is 5.88 Å². The minimum absolute atomic E-state index is 0.281. The standard InChI is InChI=1S/C15H24N2O2/c1-19-15-9-5-7-13(17-15)10-16-14-8-4-2-3-6-12(14)11-18/h5,7,9,12,14,16,18H,2-4,6,8,10-11H2,1H3/t12-,14-/m0/s1. The molecule has 19 heavy (non-hydrogen) atoms. The maximum Gasteiger partial charge on any atom is 0.213 e. The number of methoxy groups -OCH3 is 1. The van der Waals surface area contributed by atoms with E-state index in [1.165, 1.54) is 19.3 Å². The Hall–Kier alpha value is -1.13. The van der Waals surface area contributed by atoms with E-state index >= 15 is 0 Å². The number of nitrogens with one attached hydrogen (secondary N) is 1. The molecule has 0 aromatic carbocycles. The molecule has 1 aliphatic carbocycles. The lowest BCUT2D eigenvalue weighted by molar-refractivity contribution is 0.180. The van der Waals surface area contributed by atoms with Gasteiger partial charge in [0.2, 0.25) is 5.88 Å². The van der Waals surface area contributed by atoms with E-state index in [0.717, 1.165) is 25.1 Å². The van der Waals surface area contributed by atoms with E-state index in [9.17, 15) is 5.11 Å². The van der Waals surface area contributed by atoms with Gasteiger partial charge in [0.15, 0.2) is 0 Å². The lowest BCUT2D eigenvalue weighted by atomic mass is 9.95. The Kier molecular flexibility index (Phi) is 5.61. The van der Waals surface area contributed by atoms with Crippen LogP contribution in [0, 0.1) is 5.92 Å². The van der Waals surface area contributed by atoms with Gasteiger partial charge in [0.1, 0.15) is 0 Å². The van der Waals surface area contributed by atoms with Crippen molar-refractivity contribution in [2.45, 2.75) is 44.7 Å². The second kappa shape index (κ2) is 7.46. The van der Waals surface area contributed by atoms with Gasteiger partial charge in [-0.15, -0.1) is 0 Å². The monoisotopic (exact) mass is 264 g/mol. The van der Waals surface area contributed by atoms with Gasteiger partial charge in [-0.2, -0.15) is 0 Å². The average Bonchev–Trinajstić information content (AvgIpc) is 2.70. The summed E-state index contributed by atoms with van der Waals surface area (Å²) in [5.41, 5.74) is 0.986. The molecule has 0 unspecified atom stereocenters. The molecule has 1 aromatic rings. The van der Waals surface area contributed by atoms with Gasteiger partial charge in [-0.3, -0.25) is 0 Å². The summed E-state index contributed by atoms with van der Waals surface area (Å²) in [4.78, 5) is 4.40. The summed E-state index contributed by atoms with van der Waals surface area (Å²) in [6, 6.07) is 6.21. The van der Waals surface area contributed by atoms with Crippen LogP contribution in [0.15, 0.2) is 18.2 Å². The van der Waals surface area contributed by atoms with E-state index in [4.69, 9.17) is 4.74 Å². The molecule has 1 heterocycles. The molecule has 106 valence electrons. The van der Waals surface area contributed by atoms with Gasteiger partial charge in [-0.1, -0.05) is 25.3 Å². The second-order valence-electron chi connectivity index (χ2n) is 5.24. The largest absolute Gasteiger partial charge is 0.481 e. The number of hydrogen-bond donors (Lipinski definition) is 2. The van der Waals surface area contributed by atoms with E-state index in [2.05, 4.69) is 10.3 Å². The van der Waals surface area contributed by atoms with Crippen molar-refractivity contribution in [1.29, 1.82) is 0 Å². The van der Waals surface area contributed by atoms with Crippen LogP contribution in [0.1, 0.15) is 37.8 Å². The predicted octanol–water partition coefficient (Wildman–Crippen LogP) is 2.12. The van der Waals surface area contributed by atoms with Crippen molar-refractivity contribution in [1.82, 2.24) is 10.3 Å². The fourth-order valence-electron chi connectivity index (χ4n) is 2.78. The highest BCUT2D eigenvalue weighted by atomic mass is 16.5. The molecule has 2 atom stereocenters. The second-order valence-corrected chi connectivity index (χ2v) is 5.24. The molecule has 4 nitrogen and oxygen atoms in total. The number of ether oxygens (including phenoxy) is 1. The van der Waals surface area contributed by atoms with Crippen molar-refractivity contribution in [2.24, 2.45) is 5.92 Å². The van der Waals surface area contributed by atoms with Crippen LogP contribution in [0.3, 0.4) is 0 Å². The summed E-state index contributed by atoms with van der Waals surface area (Å²) >= 11 is 0. The molecule has 2 rings (SSSR count). The number of hydrogen-bond acceptors (Lipinski definition) is 4. The number of aliphatic hydroxyl groups excluding tert-OH is 1. The smallest absolute Gasteiger partial charge is 0.213 e. The number of pyridine rings is 1. The van der Waals surface area contributed by atoms with Gasteiger partial charge >= 0.3 is 0 Å². The van der Waals surface area contributed by atoms with E-state index in [0.29, 0.717) is 17.8 Å². The Morgan fingerprint density at radius 1 is 1.32 bits per heavy atom. The third kappa shape index (κ3) is 4.18. The predicted molar refractivity (Wildman–Crippen MR) is 75.1 cm³/mol. The molecule has 0 saturated heterocycles. The number of aliphatic hydroxyl groups is 1. The highest BCUT2D eigenvalue weighted by Crippen LogP contribution is 2.23. The van der Waals surface area contributed by atoms with Gasteiger partial charge < -0.3 is 15.2 Å². The Balaban J connectivity index is 1.91. The van der Waals surface area contributed by atoms with E-state index in [-0.39, 0.29) is 6.61 Å². The van der Waals surface area contributed by atoms with Gasteiger partial charge in [-0.05, 0) is 24.8 Å². The molecular weight excluding hydrogens is 240 g/mol. The van der Waals surface area contributed by atoms with Crippen molar-refractivity contribution >= 4 is 0 Å². The Morgan fingerprint density at radius 3 is 2.95 bits per heavy atom. The van der Waals surface area contributed by atoms with E-state index in [1.54, 1.807) is 7.11 Å². The number of rotatable bonds is 5. The maximum atomic E-state index is 9.49. The van der Waals surface area contributed by atoms with E-state index in [1.807, 2.05) is 18.2 Å². The minimum atomic E-state index is 0.281. The molecule has 1 fully saturated rings. The number of nitrogens with zero attached hydrogens (tertiary/aromatic N) is 1. The van der Waals surface area contributed by atoms with Crippen LogP contribution >= 0.6 is 0 Å². The van der Waals surface area contributed by atoms with Crippen LogP contribution in [-0.4, -0.2) is 29.8 Å². The summed E-state index contributed by atoms with van der Waals surface area (Å²) in [5.74, 6) is 1.03. The van der Waals surface area contributed by atoms with Gasteiger partial charge in [0.05, 0.1) is 12.8 Å². The third-order valence-electron chi connectivity index (χ3n) is 3.93. The molecule has 0 amide bonds. The Labute approximate surface area is 115 Å². The molecule has 2 N–H and O–H groups in total. The molecule has 4 heteroatoms. The van der Waals surface area contributed by atoms with Crippen LogP contribution in [0.2, 0.25) is 0 Å².